The van der Waals surface area contributed by atoms with Crippen molar-refractivity contribution in [1.82, 2.24) is 4.90 Å². The molecule has 12 heavy (non-hydrogen) atoms. The van der Waals surface area contributed by atoms with Gasteiger partial charge in [0.2, 0.25) is 0 Å². The lowest BCUT2D eigenvalue weighted by Crippen LogP contribution is -2.35. The molecule has 0 aromatic heterocycles. The lowest BCUT2D eigenvalue weighted by Gasteiger charge is -2.30. The van der Waals surface area contributed by atoms with Gasteiger partial charge in [0.1, 0.15) is 0 Å². The Bertz CT molecular complexity index is 163. The van der Waals surface area contributed by atoms with Crippen LogP contribution >= 0.6 is 0 Å². The summed E-state index contributed by atoms with van der Waals surface area (Å²) in [7, 11) is 0. The second-order valence-corrected chi connectivity index (χ2v) is 4.01. The molecule has 1 aliphatic rings. The summed E-state index contributed by atoms with van der Waals surface area (Å²) >= 11 is 0. The Labute approximate surface area is 75.2 Å². The highest BCUT2D eigenvalue weighted by atomic mass is 15.1. The number of piperidine rings is 1. The summed E-state index contributed by atoms with van der Waals surface area (Å²) in [6, 6.07) is 2.28. The van der Waals surface area contributed by atoms with Crippen LogP contribution in [0.15, 0.2) is 0 Å². The van der Waals surface area contributed by atoms with Crippen molar-refractivity contribution in [2.24, 2.45) is 11.8 Å². The molecule has 0 N–H and O–H groups in total. The molecular formula is C10H18N2. The van der Waals surface area contributed by atoms with Crippen LogP contribution < -0.4 is 0 Å². The Morgan fingerprint density at radius 1 is 1.50 bits per heavy atom. The Kier molecular flexibility index (Phi) is 3.55. The third kappa shape index (κ3) is 2.83. The van der Waals surface area contributed by atoms with Crippen LogP contribution in [0.3, 0.4) is 0 Å². The molecule has 0 saturated carbocycles. The van der Waals surface area contributed by atoms with Gasteiger partial charge < -0.3 is 4.90 Å². The van der Waals surface area contributed by atoms with Crippen LogP contribution in [0.4, 0.5) is 0 Å². The molecule has 0 aromatic rings. The molecule has 0 amide bonds. The normalized spacial score (nSPS) is 23.4. The average molecular weight is 166 g/mol. The highest BCUT2D eigenvalue weighted by Gasteiger charge is 2.16. The number of hydrogen-bond acceptors (Lipinski definition) is 2. The lowest BCUT2D eigenvalue weighted by molar-refractivity contribution is 0.181. The van der Waals surface area contributed by atoms with E-state index in [1.807, 2.05) is 6.92 Å². The maximum atomic E-state index is 8.64. The van der Waals surface area contributed by atoms with E-state index in [1.165, 1.54) is 25.9 Å². The molecule has 0 radical (unpaired) electrons. The predicted octanol–water partition coefficient (Wildman–Crippen LogP) is 1.88. The zero-order valence-electron chi connectivity index (χ0n) is 8.08. The molecule has 2 heteroatoms. The minimum absolute atomic E-state index is 0.193. The van der Waals surface area contributed by atoms with Crippen molar-refractivity contribution in [1.29, 1.82) is 5.26 Å². The third-order valence-electron chi connectivity index (χ3n) is 2.63. The van der Waals surface area contributed by atoms with Crippen molar-refractivity contribution in [3.05, 3.63) is 0 Å². The van der Waals surface area contributed by atoms with Gasteiger partial charge in [-0.3, -0.25) is 0 Å². The van der Waals surface area contributed by atoms with Crippen molar-refractivity contribution in [2.75, 3.05) is 19.6 Å². The summed E-state index contributed by atoms with van der Waals surface area (Å²) in [6.45, 7) is 7.65. The maximum absolute atomic E-state index is 8.64. The Morgan fingerprint density at radius 2 is 2.08 bits per heavy atom. The quantitative estimate of drug-likeness (QED) is 0.626. The van der Waals surface area contributed by atoms with Gasteiger partial charge in [0.25, 0.3) is 0 Å². The van der Waals surface area contributed by atoms with E-state index >= 15 is 0 Å². The van der Waals surface area contributed by atoms with Crippen LogP contribution in [0.2, 0.25) is 0 Å². The van der Waals surface area contributed by atoms with Gasteiger partial charge in [0, 0.05) is 6.54 Å². The molecule has 0 spiro atoms. The van der Waals surface area contributed by atoms with Crippen LogP contribution in [0.5, 0.6) is 0 Å². The zero-order chi connectivity index (χ0) is 8.97. The lowest BCUT2D eigenvalue weighted by atomic mass is 9.98. The predicted molar refractivity (Wildman–Crippen MR) is 49.6 cm³/mol. The molecule has 0 bridgehead atoms. The van der Waals surface area contributed by atoms with Crippen molar-refractivity contribution < 1.29 is 0 Å². The first-order chi connectivity index (χ1) is 5.72. The maximum Gasteiger partial charge on any atom is 0.0666 e. The first-order valence-electron chi connectivity index (χ1n) is 4.84. The van der Waals surface area contributed by atoms with Crippen LogP contribution in [0.25, 0.3) is 0 Å². The van der Waals surface area contributed by atoms with Gasteiger partial charge in [-0.1, -0.05) is 6.92 Å². The van der Waals surface area contributed by atoms with Gasteiger partial charge in [-0.15, -0.1) is 0 Å². The van der Waals surface area contributed by atoms with Crippen molar-refractivity contribution in [2.45, 2.75) is 26.7 Å². The number of hydrogen-bond donors (Lipinski definition) is 0. The minimum atomic E-state index is 0.193. The largest absolute Gasteiger partial charge is 0.302 e. The molecule has 68 valence electrons. The zero-order valence-corrected chi connectivity index (χ0v) is 8.08. The molecular weight excluding hydrogens is 148 g/mol. The summed E-state index contributed by atoms with van der Waals surface area (Å²) in [6.07, 6.45) is 2.61. The van der Waals surface area contributed by atoms with E-state index in [-0.39, 0.29) is 5.92 Å². The van der Waals surface area contributed by atoms with Gasteiger partial charge in [-0.05, 0) is 38.8 Å². The molecule has 2 nitrogen and oxygen atoms in total. The van der Waals surface area contributed by atoms with E-state index in [0.717, 1.165) is 12.5 Å². The second kappa shape index (κ2) is 4.47. The summed E-state index contributed by atoms with van der Waals surface area (Å²) in [5.41, 5.74) is 0. The van der Waals surface area contributed by atoms with Crippen LogP contribution in [-0.4, -0.2) is 24.5 Å². The van der Waals surface area contributed by atoms with Crippen molar-refractivity contribution >= 4 is 0 Å². The Hall–Kier alpha value is -0.550. The van der Waals surface area contributed by atoms with E-state index in [1.54, 1.807) is 0 Å². The molecule has 1 atom stereocenters. The van der Waals surface area contributed by atoms with Crippen molar-refractivity contribution in [3.8, 4) is 6.07 Å². The number of likely N-dealkylation sites (tertiary alicyclic amines) is 1. The molecule has 0 aliphatic carbocycles. The summed E-state index contributed by atoms with van der Waals surface area (Å²) in [4.78, 5) is 2.41. The topological polar surface area (TPSA) is 27.0 Å². The van der Waals surface area contributed by atoms with Gasteiger partial charge >= 0.3 is 0 Å². The molecule has 1 aliphatic heterocycles. The smallest absolute Gasteiger partial charge is 0.0666 e. The fourth-order valence-electron chi connectivity index (χ4n) is 1.67. The number of nitrogens with zero attached hydrogens (tertiary/aromatic N) is 2. The van der Waals surface area contributed by atoms with Crippen LogP contribution in [0.1, 0.15) is 26.7 Å². The highest BCUT2D eigenvalue weighted by molar-refractivity contribution is 4.82. The fraction of sp³-hybridized carbons (Fsp3) is 0.900. The molecule has 0 aromatic carbocycles. The standard InChI is InChI=1S/C10H18N2/c1-9-3-5-12(6-4-9)8-10(2)7-11/h9-10H,3-6,8H2,1-2H3. The number of rotatable bonds is 2. The Morgan fingerprint density at radius 3 is 2.58 bits per heavy atom. The number of nitriles is 1. The molecule has 1 heterocycles. The van der Waals surface area contributed by atoms with E-state index in [2.05, 4.69) is 17.9 Å². The molecule has 1 unspecified atom stereocenters. The highest BCUT2D eigenvalue weighted by Crippen LogP contribution is 2.16. The molecule has 1 saturated heterocycles. The van der Waals surface area contributed by atoms with Gasteiger partial charge in [0.15, 0.2) is 0 Å². The monoisotopic (exact) mass is 166 g/mol. The van der Waals surface area contributed by atoms with Gasteiger partial charge in [-0.25, -0.2) is 0 Å². The first-order valence-corrected chi connectivity index (χ1v) is 4.84. The van der Waals surface area contributed by atoms with Gasteiger partial charge in [0.05, 0.1) is 12.0 Å². The molecule has 1 rings (SSSR count). The van der Waals surface area contributed by atoms with E-state index in [4.69, 9.17) is 5.26 Å². The average Bonchev–Trinajstić information content (AvgIpc) is 2.09. The van der Waals surface area contributed by atoms with E-state index < -0.39 is 0 Å². The second-order valence-electron chi connectivity index (χ2n) is 4.01. The minimum Gasteiger partial charge on any atom is -0.302 e. The molecule has 1 fully saturated rings. The van der Waals surface area contributed by atoms with Crippen LogP contribution in [-0.2, 0) is 0 Å². The summed E-state index contributed by atoms with van der Waals surface area (Å²) < 4.78 is 0. The van der Waals surface area contributed by atoms with Crippen molar-refractivity contribution in [3.63, 3.8) is 0 Å². The SMILES string of the molecule is CC(C#N)CN1CCC(C)CC1. The summed E-state index contributed by atoms with van der Waals surface area (Å²) in [5.74, 6) is 1.08. The van der Waals surface area contributed by atoms with Gasteiger partial charge in [-0.2, -0.15) is 5.26 Å². The van der Waals surface area contributed by atoms with E-state index in [9.17, 15) is 0 Å². The fourth-order valence-corrected chi connectivity index (χ4v) is 1.67. The third-order valence-corrected chi connectivity index (χ3v) is 2.63. The van der Waals surface area contributed by atoms with E-state index in [0.29, 0.717) is 0 Å². The first kappa shape index (κ1) is 9.54. The van der Waals surface area contributed by atoms with Crippen LogP contribution in [0, 0.1) is 23.2 Å². The Balaban J connectivity index is 2.22. The summed E-state index contributed by atoms with van der Waals surface area (Å²) in [5, 5.41) is 8.64.